The van der Waals surface area contributed by atoms with E-state index in [9.17, 15) is 13.2 Å². The van der Waals surface area contributed by atoms with Crippen LogP contribution in [0.4, 0.5) is 0 Å². The number of sulfonamides is 1. The lowest BCUT2D eigenvalue weighted by atomic mass is 10.3. The first-order valence-electron chi connectivity index (χ1n) is 6.08. The average molecular weight is 382 g/mol. The van der Waals surface area contributed by atoms with E-state index in [0.29, 0.717) is 11.1 Å². The Morgan fingerprint density at radius 3 is 2.76 bits per heavy atom. The van der Waals surface area contributed by atoms with Crippen molar-refractivity contribution >= 4 is 31.9 Å². The Bertz CT molecular complexity index is 589. The number of carboxylic acid groups (broad SMARTS) is 1. The van der Waals surface area contributed by atoms with Gasteiger partial charge in [-0.25, -0.2) is 17.9 Å². The van der Waals surface area contributed by atoms with Crippen molar-refractivity contribution in [1.82, 2.24) is 4.72 Å². The zero-order valence-electron chi connectivity index (χ0n) is 11.3. The molecule has 2 N–H and O–H groups in total. The minimum absolute atomic E-state index is 0.0111. The Labute approximate surface area is 131 Å². The van der Waals surface area contributed by atoms with Crippen LogP contribution in [-0.2, 0) is 19.6 Å². The fourth-order valence-electron chi connectivity index (χ4n) is 1.45. The predicted molar refractivity (Wildman–Crippen MR) is 79.0 cm³/mol. The van der Waals surface area contributed by atoms with Crippen molar-refractivity contribution in [3.8, 4) is 5.75 Å². The highest BCUT2D eigenvalue weighted by Gasteiger charge is 2.19. The zero-order valence-corrected chi connectivity index (χ0v) is 13.7. The summed E-state index contributed by atoms with van der Waals surface area (Å²) in [7, 11) is -3.77. The molecule has 0 saturated heterocycles. The van der Waals surface area contributed by atoms with Gasteiger partial charge in [0, 0.05) is 11.0 Å². The number of nitrogens with one attached hydrogen (secondary N) is 1. The summed E-state index contributed by atoms with van der Waals surface area (Å²) in [5.74, 6) is -0.858. The molecule has 0 saturated carbocycles. The Kier molecular flexibility index (Phi) is 7.09. The highest BCUT2D eigenvalue weighted by molar-refractivity contribution is 9.10. The van der Waals surface area contributed by atoms with E-state index in [4.69, 9.17) is 14.6 Å². The van der Waals surface area contributed by atoms with Crippen LogP contribution in [0.1, 0.15) is 6.92 Å². The summed E-state index contributed by atoms with van der Waals surface area (Å²) in [4.78, 5) is 10.3. The van der Waals surface area contributed by atoms with E-state index < -0.39 is 22.6 Å². The normalized spacial score (nSPS) is 11.3. The second-order valence-electron chi connectivity index (χ2n) is 3.87. The molecule has 0 fully saturated rings. The highest BCUT2D eigenvalue weighted by atomic mass is 79.9. The fourth-order valence-corrected chi connectivity index (χ4v) is 3.15. The quantitative estimate of drug-likeness (QED) is 0.623. The molecule has 0 amide bonds. The van der Waals surface area contributed by atoms with Crippen molar-refractivity contribution < 1.29 is 27.8 Å². The maximum Gasteiger partial charge on any atom is 0.329 e. The second kappa shape index (κ2) is 8.32. The molecule has 0 heterocycles. The summed E-state index contributed by atoms with van der Waals surface area (Å²) in [6.07, 6.45) is 0. The molecular weight excluding hydrogens is 366 g/mol. The third-order valence-electron chi connectivity index (χ3n) is 2.26. The van der Waals surface area contributed by atoms with Crippen molar-refractivity contribution in [3.05, 3.63) is 22.7 Å². The molecule has 0 aliphatic rings. The fraction of sp³-hybridized carbons (Fsp3) is 0.417. The number of carboxylic acids is 1. The molecule has 1 aromatic carbocycles. The molecule has 0 bridgehead atoms. The van der Waals surface area contributed by atoms with Crippen molar-refractivity contribution in [3.63, 3.8) is 0 Å². The van der Waals surface area contributed by atoms with Gasteiger partial charge in [-0.2, -0.15) is 0 Å². The van der Waals surface area contributed by atoms with Gasteiger partial charge < -0.3 is 14.6 Å². The van der Waals surface area contributed by atoms with Crippen molar-refractivity contribution in [2.24, 2.45) is 0 Å². The molecule has 0 atom stereocenters. The van der Waals surface area contributed by atoms with Gasteiger partial charge >= 0.3 is 5.97 Å². The lowest BCUT2D eigenvalue weighted by Crippen LogP contribution is -2.28. The van der Waals surface area contributed by atoms with Crippen LogP contribution in [0.5, 0.6) is 5.75 Å². The van der Waals surface area contributed by atoms with Crippen LogP contribution in [0.15, 0.2) is 27.6 Å². The topological polar surface area (TPSA) is 102 Å². The molecular formula is C12H16BrNO6S. The van der Waals surface area contributed by atoms with Crippen LogP contribution in [0.2, 0.25) is 0 Å². The first-order valence-corrected chi connectivity index (χ1v) is 8.36. The van der Waals surface area contributed by atoms with E-state index in [0.717, 1.165) is 0 Å². The van der Waals surface area contributed by atoms with E-state index in [1.54, 1.807) is 19.1 Å². The monoisotopic (exact) mass is 381 g/mol. The Balaban J connectivity index is 2.73. The first kappa shape index (κ1) is 17.9. The molecule has 0 aliphatic carbocycles. The van der Waals surface area contributed by atoms with Crippen LogP contribution in [0, 0.1) is 0 Å². The van der Waals surface area contributed by atoms with Gasteiger partial charge in [-0.15, -0.1) is 0 Å². The number of aliphatic carboxylic acids is 1. The first-order chi connectivity index (χ1) is 9.86. The molecule has 1 aromatic rings. The molecule has 21 heavy (non-hydrogen) atoms. The van der Waals surface area contributed by atoms with Gasteiger partial charge in [0.15, 0.2) is 0 Å². The molecule has 0 aliphatic heterocycles. The van der Waals surface area contributed by atoms with Gasteiger partial charge in [0.2, 0.25) is 10.0 Å². The molecule has 7 nitrogen and oxygen atoms in total. The number of rotatable bonds is 9. The van der Waals surface area contributed by atoms with Gasteiger partial charge in [-0.05, 0) is 25.1 Å². The number of carbonyl (C=O) groups is 1. The van der Waals surface area contributed by atoms with Gasteiger partial charge in [0.25, 0.3) is 0 Å². The maximum absolute atomic E-state index is 12.2. The lowest BCUT2D eigenvalue weighted by molar-refractivity contribution is -0.142. The summed E-state index contributed by atoms with van der Waals surface area (Å²) < 4.78 is 37.4. The largest absolute Gasteiger partial charge is 0.492 e. The van der Waals surface area contributed by atoms with E-state index >= 15 is 0 Å². The smallest absolute Gasteiger partial charge is 0.329 e. The van der Waals surface area contributed by atoms with Crippen LogP contribution in [-0.4, -0.2) is 45.9 Å². The lowest BCUT2D eigenvalue weighted by Gasteiger charge is -2.12. The SMILES string of the molecule is CCOc1ccc(Br)cc1S(=O)(=O)NCCOCC(=O)O. The highest BCUT2D eigenvalue weighted by Crippen LogP contribution is 2.27. The van der Waals surface area contributed by atoms with Gasteiger partial charge in [0.1, 0.15) is 17.3 Å². The summed E-state index contributed by atoms with van der Waals surface area (Å²) >= 11 is 3.21. The third kappa shape index (κ3) is 6.00. The van der Waals surface area contributed by atoms with Gasteiger partial charge in [-0.1, -0.05) is 15.9 Å². The minimum atomic E-state index is -3.77. The third-order valence-corrected chi connectivity index (χ3v) is 4.23. The Hall–Kier alpha value is -1.16. The average Bonchev–Trinajstić information content (AvgIpc) is 2.40. The summed E-state index contributed by atoms with van der Waals surface area (Å²) in [6, 6.07) is 4.68. The molecule has 118 valence electrons. The number of halogens is 1. The second-order valence-corrected chi connectivity index (χ2v) is 6.52. The number of hydrogen-bond donors (Lipinski definition) is 2. The predicted octanol–water partition coefficient (Wildman–Crippen LogP) is 1.23. The van der Waals surface area contributed by atoms with Crippen molar-refractivity contribution in [2.75, 3.05) is 26.4 Å². The summed E-state index contributed by atoms with van der Waals surface area (Å²) in [5, 5.41) is 8.39. The van der Waals surface area contributed by atoms with E-state index in [2.05, 4.69) is 20.7 Å². The van der Waals surface area contributed by atoms with Gasteiger partial charge in [-0.3, -0.25) is 0 Å². The zero-order chi connectivity index (χ0) is 15.9. The van der Waals surface area contributed by atoms with Crippen molar-refractivity contribution in [1.29, 1.82) is 0 Å². The number of hydrogen-bond acceptors (Lipinski definition) is 5. The summed E-state index contributed by atoms with van der Waals surface area (Å²) in [5.41, 5.74) is 0. The Morgan fingerprint density at radius 1 is 1.43 bits per heavy atom. The van der Waals surface area contributed by atoms with Crippen molar-refractivity contribution in [2.45, 2.75) is 11.8 Å². The van der Waals surface area contributed by atoms with Crippen LogP contribution < -0.4 is 9.46 Å². The number of benzene rings is 1. The summed E-state index contributed by atoms with van der Waals surface area (Å²) in [6.45, 7) is 1.55. The Morgan fingerprint density at radius 2 is 2.14 bits per heavy atom. The van der Waals surface area contributed by atoms with Crippen LogP contribution in [0.3, 0.4) is 0 Å². The van der Waals surface area contributed by atoms with Crippen LogP contribution >= 0.6 is 15.9 Å². The van der Waals surface area contributed by atoms with Crippen LogP contribution in [0.25, 0.3) is 0 Å². The van der Waals surface area contributed by atoms with E-state index in [-0.39, 0.29) is 23.8 Å². The number of ether oxygens (including phenoxy) is 2. The maximum atomic E-state index is 12.2. The van der Waals surface area contributed by atoms with Gasteiger partial charge in [0.05, 0.1) is 13.2 Å². The standard InChI is InChI=1S/C12H16BrNO6S/c1-2-20-10-4-3-9(13)7-11(10)21(17,18)14-5-6-19-8-12(15)16/h3-4,7,14H,2,5-6,8H2,1H3,(H,15,16). The molecule has 0 spiro atoms. The molecule has 0 unspecified atom stereocenters. The minimum Gasteiger partial charge on any atom is -0.492 e. The molecule has 9 heteroatoms. The van der Waals surface area contributed by atoms with E-state index in [1.165, 1.54) is 6.07 Å². The molecule has 0 radical (unpaired) electrons. The van der Waals surface area contributed by atoms with E-state index in [1.807, 2.05) is 0 Å². The molecule has 0 aromatic heterocycles. The molecule has 1 rings (SSSR count).